The topological polar surface area (TPSA) is 102 Å². The summed E-state index contributed by atoms with van der Waals surface area (Å²) in [5.41, 5.74) is 3.54. The number of hydrogen-bond donors (Lipinski definition) is 1. The molecule has 1 aromatic heterocycles. The highest BCUT2D eigenvalue weighted by Gasteiger charge is 2.25. The molecule has 1 aromatic carbocycles. The minimum atomic E-state index is -0.440. The van der Waals surface area contributed by atoms with Crippen LogP contribution in [-0.2, 0) is 19.1 Å². The minimum absolute atomic E-state index is 0.0495. The van der Waals surface area contributed by atoms with Gasteiger partial charge in [-0.05, 0) is 36.8 Å². The molecule has 0 saturated heterocycles. The first-order valence-electron chi connectivity index (χ1n) is 9.71. The Balaban J connectivity index is 2.05. The third-order valence-electron chi connectivity index (χ3n) is 4.65. The summed E-state index contributed by atoms with van der Waals surface area (Å²) in [5.74, 6) is -0.590. The van der Waals surface area contributed by atoms with Crippen molar-refractivity contribution in [2.24, 2.45) is 9.98 Å². The van der Waals surface area contributed by atoms with Crippen LogP contribution in [0.5, 0.6) is 0 Å². The highest BCUT2D eigenvalue weighted by atomic mass is 79.9. The van der Waals surface area contributed by atoms with Crippen LogP contribution in [0.3, 0.4) is 0 Å². The number of ether oxygens (including phenoxy) is 2. The lowest BCUT2D eigenvalue weighted by Crippen LogP contribution is -2.36. The standard InChI is InChI=1S/C22H23BrN4O4/c1-30-13-20(28)25-12-19-17(8-9-21(29)31-2)27-22(18-5-3-4-10-24-18)15-11-14(23)6-7-16(15)26-19/h3-7,10-11,17H,8-9,12-13H2,1-2H3,(H,25,28)/t17-/m0/s1. The Morgan fingerprint density at radius 3 is 2.74 bits per heavy atom. The normalized spacial score (nSPS) is 15.3. The van der Waals surface area contributed by atoms with Crippen molar-refractivity contribution in [3.63, 3.8) is 0 Å². The van der Waals surface area contributed by atoms with Crippen LogP contribution >= 0.6 is 15.9 Å². The van der Waals surface area contributed by atoms with Crippen molar-refractivity contribution in [1.82, 2.24) is 10.3 Å². The zero-order valence-corrected chi connectivity index (χ0v) is 18.9. The van der Waals surface area contributed by atoms with Gasteiger partial charge in [0.05, 0.1) is 42.5 Å². The van der Waals surface area contributed by atoms with E-state index in [-0.39, 0.29) is 31.4 Å². The molecule has 2 heterocycles. The van der Waals surface area contributed by atoms with Crippen LogP contribution in [0.4, 0.5) is 5.69 Å². The molecule has 0 bridgehead atoms. The molecule has 0 spiro atoms. The minimum Gasteiger partial charge on any atom is -0.469 e. The van der Waals surface area contributed by atoms with Gasteiger partial charge in [0.15, 0.2) is 0 Å². The fourth-order valence-electron chi connectivity index (χ4n) is 3.15. The fourth-order valence-corrected chi connectivity index (χ4v) is 3.51. The molecule has 1 amide bonds. The SMILES string of the molecule is COCC(=O)NCC1=Nc2ccc(Br)cc2C(c2ccccn2)=N[C@H]1CCC(=O)OC. The number of aliphatic imine (C=N–C) groups is 2. The average Bonchev–Trinajstić information content (AvgIpc) is 2.93. The molecule has 9 heteroatoms. The Labute approximate surface area is 188 Å². The number of methoxy groups -OCH3 is 2. The van der Waals surface area contributed by atoms with E-state index in [0.29, 0.717) is 29.2 Å². The maximum absolute atomic E-state index is 11.9. The molecule has 0 fully saturated rings. The molecular formula is C22H23BrN4O4. The molecule has 8 nitrogen and oxygen atoms in total. The number of aromatic nitrogens is 1. The Morgan fingerprint density at radius 1 is 1.19 bits per heavy atom. The highest BCUT2D eigenvalue weighted by Crippen LogP contribution is 2.30. The van der Waals surface area contributed by atoms with Crippen LogP contribution in [0.15, 0.2) is 57.1 Å². The van der Waals surface area contributed by atoms with Crippen LogP contribution in [0.25, 0.3) is 0 Å². The predicted molar refractivity (Wildman–Crippen MR) is 121 cm³/mol. The summed E-state index contributed by atoms with van der Waals surface area (Å²) in [6.45, 7) is 0.134. The van der Waals surface area contributed by atoms with Gasteiger partial charge in [0.2, 0.25) is 5.91 Å². The number of amides is 1. The molecule has 162 valence electrons. The molecule has 1 atom stereocenters. The monoisotopic (exact) mass is 486 g/mol. The van der Waals surface area contributed by atoms with Crippen molar-refractivity contribution in [2.45, 2.75) is 18.9 Å². The summed E-state index contributed by atoms with van der Waals surface area (Å²) < 4.78 is 10.6. The van der Waals surface area contributed by atoms with Crippen molar-refractivity contribution in [1.29, 1.82) is 0 Å². The molecular weight excluding hydrogens is 464 g/mol. The molecule has 3 rings (SSSR count). The van der Waals surface area contributed by atoms with E-state index in [4.69, 9.17) is 19.5 Å². The lowest BCUT2D eigenvalue weighted by atomic mass is 10.0. The summed E-state index contributed by atoms with van der Waals surface area (Å²) in [6, 6.07) is 10.9. The second kappa shape index (κ2) is 10.9. The average molecular weight is 487 g/mol. The third kappa shape index (κ3) is 6.05. The number of benzene rings is 1. The van der Waals surface area contributed by atoms with Crippen LogP contribution in [0, 0.1) is 0 Å². The van der Waals surface area contributed by atoms with Crippen molar-refractivity contribution in [2.75, 3.05) is 27.4 Å². The summed E-state index contributed by atoms with van der Waals surface area (Å²) in [4.78, 5) is 38.0. The number of hydrogen-bond acceptors (Lipinski definition) is 7. The maximum Gasteiger partial charge on any atom is 0.305 e. The van der Waals surface area contributed by atoms with E-state index in [1.807, 2.05) is 36.4 Å². The molecule has 2 aromatic rings. The van der Waals surface area contributed by atoms with Gasteiger partial charge in [-0.2, -0.15) is 0 Å². The lowest BCUT2D eigenvalue weighted by Gasteiger charge is -2.16. The molecule has 0 saturated carbocycles. The number of nitrogens with zero attached hydrogens (tertiary/aromatic N) is 3. The lowest BCUT2D eigenvalue weighted by molar-refractivity contribution is -0.140. The summed E-state index contributed by atoms with van der Waals surface area (Å²) in [6.07, 6.45) is 2.26. The van der Waals surface area contributed by atoms with Crippen molar-refractivity contribution < 1.29 is 19.1 Å². The smallest absolute Gasteiger partial charge is 0.305 e. The molecule has 31 heavy (non-hydrogen) atoms. The van der Waals surface area contributed by atoms with Gasteiger partial charge in [0.25, 0.3) is 0 Å². The van der Waals surface area contributed by atoms with Crippen molar-refractivity contribution >= 4 is 44.9 Å². The van der Waals surface area contributed by atoms with E-state index in [9.17, 15) is 9.59 Å². The number of carbonyl (C=O) groups is 2. The Bertz CT molecular complexity index is 1010. The van der Waals surface area contributed by atoms with Gasteiger partial charge < -0.3 is 14.8 Å². The number of rotatable bonds is 8. The third-order valence-corrected chi connectivity index (χ3v) is 5.14. The van der Waals surface area contributed by atoms with Crippen LogP contribution in [0.1, 0.15) is 24.1 Å². The summed E-state index contributed by atoms with van der Waals surface area (Å²) in [7, 11) is 2.81. The zero-order chi connectivity index (χ0) is 22.2. The van der Waals surface area contributed by atoms with E-state index < -0.39 is 6.04 Å². The predicted octanol–water partition coefficient (Wildman–Crippen LogP) is 2.85. The second-order valence-electron chi connectivity index (χ2n) is 6.80. The number of esters is 1. The number of carbonyl (C=O) groups excluding carboxylic acids is 2. The highest BCUT2D eigenvalue weighted by molar-refractivity contribution is 9.10. The number of pyridine rings is 1. The molecule has 1 aliphatic heterocycles. The van der Waals surface area contributed by atoms with Crippen molar-refractivity contribution in [3.05, 3.63) is 58.3 Å². The zero-order valence-electron chi connectivity index (χ0n) is 17.3. The molecule has 1 N–H and O–H groups in total. The van der Waals surface area contributed by atoms with Crippen LogP contribution in [0.2, 0.25) is 0 Å². The number of nitrogens with one attached hydrogen (secondary N) is 1. The first-order chi connectivity index (χ1) is 15.0. The maximum atomic E-state index is 11.9. The van der Waals surface area contributed by atoms with Gasteiger partial charge in [-0.3, -0.25) is 24.6 Å². The first-order valence-corrected chi connectivity index (χ1v) is 10.5. The van der Waals surface area contributed by atoms with E-state index >= 15 is 0 Å². The van der Waals surface area contributed by atoms with E-state index in [1.165, 1.54) is 14.2 Å². The largest absolute Gasteiger partial charge is 0.469 e. The van der Waals surface area contributed by atoms with Gasteiger partial charge >= 0.3 is 5.97 Å². The fraction of sp³-hybridized carbons (Fsp3) is 0.318. The van der Waals surface area contributed by atoms with Gasteiger partial charge in [-0.1, -0.05) is 22.0 Å². The van der Waals surface area contributed by atoms with E-state index in [1.54, 1.807) is 6.20 Å². The van der Waals surface area contributed by atoms with Gasteiger partial charge in [-0.15, -0.1) is 0 Å². The van der Waals surface area contributed by atoms with E-state index in [0.717, 1.165) is 10.0 Å². The summed E-state index contributed by atoms with van der Waals surface area (Å²) >= 11 is 3.52. The first kappa shape index (κ1) is 22.8. The Kier molecular flexibility index (Phi) is 8.02. The van der Waals surface area contributed by atoms with Gasteiger partial charge in [-0.25, -0.2) is 0 Å². The van der Waals surface area contributed by atoms with Crippen LogP contribution < -0.4 is 5.32 Å². The Morgan fingerprint density at radius 2 is 2.03 bits per heavy atom. The van der Waals surface area contributed by atoms with Crippen molar-refractivity contribution in [3.8, 4) is 0 Å². The Hall–Kier alpha value is -2.91. The van der Waals surface area contributed by atoms with Gasteiger partial charge in [0.1, 0.15) is 6.61 Å². The molecule has 0 radical (unpaired) electrons. The van der Waals surface area contributed by atoms with E-state index in [2.05, 4.69) is 26.2 Å². The molecule has 1 aliphatic rings. The van der Waals surface area contributed by atoms with Gasteiger partial charge in [0, 0.05) is 29.8 Å². The molecule has 0 unspecified atom stereocenters. The summed E-state index contributed by atoms with van der Waals surface area (Å²) in [5, 5.41) is 2.80. The second-order valence-corrected chi connectivity index (χ2v) is 7.71. The quantitative estimate of drug-likeness (QED) is 0.577. The van der Waals surface area contributed by atoms with Crippen LogP contribution in [-0.4, -0.2) is 61.7 Å². The molecule has 0 aliphatic carbocycles. The number of halogens is 1. The number of fused-ring (bicyclic) bond motifs is 1.